The molecule has 1 saturated heterocycles. The molecule has 146 valence electrons. The highest BCUT2D eigenvalue weighted by Crippen LogP contribution is 2.22. The normalized spacial score (nSPS) is 18.2. The molecule has 0 radical (unpaired) electrons. The highest BCUT2D eigenvalue weighted by molar-refractivity contribution is 7.89. The topological polar surface area (TPSA) is 75.7 Å². The van der Waals surface area contributed by atoms with Crippen LogP contribution in [0.1, 0.15) is 50.7 Å². The van der Waals surface area contributed by atoms with Gasteiger partial charge in [0.25, 0.3) is 0 Å². The van der Waals surface area contributed by atoms with E-state index in [0.29, 0.717) is 39.1 Å². The predicted molar refractivity (Wildman–Crippen MR) is 102 cm³/mol. The molecule has 1 amide bonds. The quantitative estimate of drug-likeness (QED) is 0.631. The second-order valence-electron chi connectivity index (χ2n) is 6.62. The van der Waals surface area contributed by atoms with Gasteiger partial charge in [-0.25, -0.2) is 8.42 Å². The summed E-state index contributed by atoms with van der Waals surface area (Å²) in [5.41, 5.74) is 2.04. The van der Waals surface area contributed by atoms with Crippen LogP contribution in [0, 0.1) is 0 Å². The lowest BCUT2D eigenvalue weighted by molar-refractivity contribution is -0.124. The van der Waals surface area contributed by atoms with Gasteiger partial charge in [-0.3, -0.25) is 4.79 Å². The molecule has 6 nitrogen and oxygen atoms in total. The highest BCUT2D eigenvalue weighted by Gasteiger charge is 2.37. The Morgan fingerprint density at radius 3 is 2.65 bits per heavy atom. The van der Waals surface area contributed by atoms with Crippen molar-refractivity contribution >= 4 is 15.9 Å². The van der Waals surface area contributed by atoms with Crippen LogP contribution in [-0.2, 0) is 32.7 Å². The molecule has 1 aromatic rings. The van der Waals surface area contributed by atoms with Gasteiger partial charge >= 0.3 is 0 Å². The third-order valence-corrected chi connectivity index (χ3v) is 6.58. The van der Waals surface area contributed by atoms with Crippen LogP contribution in [0.25, 0.3) is 0 Å². The zero-order valence-corrected chi connectivity index (χ0v) is 16.6. The summed E-state index contributed by atoms with van der Waals surface area (Å²) < 4.78 is 31.7. The largest absolute Gasteiger partial charge is 0.377 e. The van der Waals surface area contributed by atoms with Crippen molar-refractivity contribution in [2.75, 3.05) is 18.9 Å². The minimum atomic E-state index is -3.36. The van der Waals surface area contributed by atoms with Gasteiger partial charge in [-0.1, -0.05) is 38.1 Å². The zero-order chi connectivity index (χ0) is 19.0. The van der Waals surface area contributed by atoms with Gasteiger partial charge in [0.1, 0.15) is 6.04 Å². The van der Waals surface area contributed by atoms with Crippen molar-refractivity contribution in [2.45, 2.75) is 58.7 Å². The SMILES string of the molecule is CCCOCc1ccccc1CNC(=O)C1CCCN1S(=O)(=O)CCC. The number of hydrogen-bond donors (Lipinski definition) is 1. The lowest BCUT2D eigenvalue weighted by Gasteiger charge is -2.23. The Labute approximate surface area is 157 Å². The second kappa shape index (κ2) is 10.0. The summed E-state index contributed by atoms with van der Waals surface area (Å²) in [6, 6.07) is 7.25. The molecule has 1 aliphatic heterocycles. The molecule has 7 heteroatoms. The molecule has 1 aliphatic rings. The van der Waals surface area contributed by atoms with E-state index in [1.54, 1.807) is 0 Å². The smallest absolute Gasteiger partial charge is 0.238 e. The third kappa shape index (κ3) is 5.53. The second-order valence-corrected chi connectivity index (χ2v) is 8.66. The lowest BCUT2D eigenvalue weighted by Crippen LogP contribution is -2.46. The van der Waals surface area contributed by atoms with Crippen molar-refractivity contribution < 1.29 is 17.9 Å². The summed E-state index contributed by atoms with van der Waals surface area (Å²) in [5, 5.41) is 2.92. The summed E-state index contributed by atoms with van der Waals surface area (Å²) in [4.78, 5) is 12.6. The van der Waals surface area contributed by atoms with E-state index in [1.165, 1.54) is 4.31 Å². The summed E-state index contributed by atoms with van der Waals surface area (Å²) in [6.07, 6.45) is 2.82. The van der Waals surface area contributed by atoms with E-state index in [9.17, 15) is 13.2 Å². The van der Waals surface area contributed by atoms with E-state index in [-0.39, 0.29) is 11.7 Å². The van der Waals surface area contributed by atoms with Gasteiger partial charge in [0.2, 0.25) is 15.9 Å². The molecule has 1 fully saturated rings. The average molecular weight is 383 g/mol. The summed E-state index contributed by atoms with van der Waals surface area (Å²) in [6.45, 7) is 5.92. The fraction of sp³-hybridized carbons (Fsp3) is 0.632. The standard InChI is InChI=1S/C19H30N2O4S/c1-3-12-25-15-17-9-6-5-8-16(17)14-20-19(22)18-10-7-11-21(18)26(23,24)13-4-2/h5-6,8-9,18H,3-4,7,10-15H2,1-2H3,(H,20,22). The number of benzene rings is 1. The minimum absolute atomic E-state index is 0.0916. The fourth-order valence-corrected chi connectivity index (χ4v) is 4.95. The molecule has 1 heterocycles. The average Bonchev–Trinajstić information content (AvgIpc) is 3.12. The van der Waals surface area contributed by atoms with Gasteiger partial charge < -0.3 is 10.1 Å². The van der Waals surface area contributed by atoms with Crippen molar-refractivity contribution in [1.29, 1.82) is 0 Å². The molecule has 0 saturated carbocycles. The third-order valence-electron chi connectivity index (χ3n) is 4.50. The zero-order valence-electron chi connectivity index (χ0n) is 15.7. The van der Waals surface area contributed by atoms with E-state index in [4.69, 9.17) is 4.74 Å². The van der Waals surface area contributed by atoms with Crippen LogP contribution in [0.2, 0.25) is 0 Å². The van der Waals surface area contributed by atoms with E-state index in [0.717, 1.165) is 24.0 Å². The monoisotopic (exact) mass is 382 g/mol. The van der Waals surface area contributed by atoms with E-state index in [1.807, 2.05) is 31.2 Å². The number of rotatable bonds is 10. The molecule has 1 unspecified atom stereocenters. The first kappa shape index (κ1) is 20.9. The molecule has 26 heavy (non-hydrogen) atoms. The number of hydrogen-bond acceptors (Lipinski definition) is 4. The van der Waals surface area contributed by atoms with Gasteiger partial charge in [0, 0.05) is 19.7 Å². The van der Waals surface area contributed by atoms with Gasteiger partial charge in [0.15, 0.2) is 0 Å². The minimum Gasteiger partial charge on any atom is -0.377 e. The maximum atomic E-state index is 12.6. The van der Waals surface area contributed by atoms with Crippen LogP contribution in [0.15, 0.2) is 24.3 Å². The number of carbonyl (C=O) groups is 1. The molecule has 1 aromatic carbocycles. The van der Waals surface area contributed by atoms with Gasteiger partial charge in [-0.2, -0.15) is 4.31 Å². The van der Waals surface area contributed by atoms with Crippen LogP contribution in [0.5, 0.6) is 0 Å². The maximum absolute atomic E-state index is 12.6. The molecular weight excluding hydrogens is 352 g/mol. The summed E-state index contributed by atoms with van der Waals surface area (Å²) in [7, 11) is -3.36. The molecule has 0 spiro atoms. The first-order chi connectivity index (χ1) is 12.5. The van der Waals surface area contributed by atoms with Gasteiger partial charge in [-0.15, -0.1) is 0 Å². The molecule has 2 rings (SSSR count). The number of ether oxygens (including phenoxy) is 1. The molecule has 0 aliphatic carbocycles. The number of nitrogens with one attached hydrogen (secondary N) is 1. The van der Waals surface area contributed by atoms with Crippen molar-refractivity contribution in [3.63, 3.8) is 0 Å². The van der Waals surface area contributed by atoms with Crippen molar-refractivity contribution in [3.8, 4) is 0 Å². The number of sulfonamides is 1. The molecular formula is C19H30N2O4S. The van der Waals surface area contributed by atoms with Crippen molar-refractivity contribution in [3.05, 3.63) is 35.4 Å². The Hall–Kier alpha value is -1.44. The van der Waals surface area contributed by atoms with Gasteiger partial charge in [0.05, 0.1) is 12.4 Å². The Morgan fingerprint density at radius 1 is 1.23 bits per heavy atom. The number of nitrogens with zero attached hydrogens (tertiary/aromatic N) is 1. The number of amides is 1. The lowest BCUT2D eigenvalue weighted by atomic mass is 10.1. The first-order valence-electron chi connectivity index (χ1n) is 9.41. The van der Waals surface area contributed by atoms with Crippen LogP contribution >= 0.6 is 0 Å². The Bertz CT molecular complexity index is 691. The van der Waals surface area contributed by atoms with Crippen molar-refractivity contribution in [1.82, 2.24) is 9.62 Å². The van der Waals surface area contributed by atoms with Crippen LogP contribution < -0.4 is 5.32 Å². The van der Waals surface area contributed by atoms with Crippen molar-refractivity contribution in [2.24, 2.45) is 0 Å². The molecule has 0 bridgehead atoms. The molecule has 1 N–H and O–H groups in total. The van der Waals surface area contributed by atoms with E-state index in [2.05, 4.69) is 12.2 Å². The fourth-order valence-electron chi connectivity index (χ4n) is 3.21. The Kier molecular flexibility index (Phi) is 8.06. The van der Waals surface area contributed by atoms with Gasteiger partial charge in [-0.05, 0) is 36.8 Å². The Morgan fingerprint density at radius 2 is 1.96 bits per heavy atom. The highest BCUT2D eigenvalue weighted by atomic mass is 32.2. The van der Waals surface area contributed by atoms with Crippen LogP contribution in [-0.4, -0.2) is 43.6 Å². The summed E-state index contributed by atoms with van der Waals surface area (Å²) >= 11 is 0. The Balaban J connectivity index is 1.98. The van der Waals surface area contributed by atoms with Crippen LogP contribution in [0.3, 0.4) is 0 Å². The van der Waals surface area contributed by atoms with Crippen LogP contribution in [0.4, 0.5) is 0 Å². The first-order valence-corrected chi connectivity index (χ1v) is 11.0. The molecule has 0 aromatic heterocycles. The predicted octanol–water partition coefficient (Wildman–Crippen LogP) is 2.43. The maximum Gasteiger partial charge on any atom is 0.238 e. The van der Waals surface area contributed by atoms with E-state index < -0.39 is 16.1 Å². The number of carbonyl (C=O) groups excluding carboxylic acids is 1. The van der Waals surface area contributed by atoms with E-state index >= 15 is 0 Å². The summed E-state index contributed by atoms with van der Waals surface area (Å²) in [5.74, 6) is -0.125. The molecule has 1 atom stereocenters.